The van der Waals surface area contributed by atoms with Gasteiger partial charge in [0, 0.05) is 49.9 Å². The molecule has 3 fully saturated rings. The second kappa shape index (κ2) is 6.85. The lowest BCUT2D eigenvalue weighted by molar-refractivity contribution is 0.00278. The average Bonchev–Trinajstić information content (AvgIpc) is 3.14. The topological polar surface area (TPSA) is 43.8 Å². The maximum absolute atomic E-state index is 6.05. The monoisotopic (exact) mass is 318 g/mol. The van der Waals surface area contributed by atoms with Crippen molar-refractivity contribution in [1.82, 2.24) is 9.88 Å². The Hall–Kier alpha value is -1.01. The first kappa shape index (κ1) is 15.5. The minimum absolute atomic E-state index is 0.174. The van der Waals surface area contributed by atoms with Gasteiger partial charge in [-0.1, -0.05) is 6.07 Å². The van der Waals surface area contributed by atoms with Gasteiger partial charge < -0.3 is 14.2 Å². The molecule has 1 aromatic rings. The first-order valence-electron chi connectivity index (χ1n) is 8.73. The van der Waals surface area contributed by atoms with Gasteiger partial charge in [-0.15, -0.1) is 0 Å². The van der Waals surface area contributed by atoms with Gasteiger partial charge in [0.05, 0.1) is 32.1 Å². The Balaban J connectivity index is 1.35. The molecule has 23 heavy (non-hydrogen) atoms. The predicted octanol–water partition coefficient (Wildman–Crippen LogP) is 1.73. The molecule has 3 aliphatic rings. The average molecular weight is 318 g/mol. The van der Waals surface area contributed by atoms with E-state index in [9.17, 15) is 0 Å². The van der Waals surface area contributed by atoms with Crippen LogP contribution in [-0.2, 0) is 20.8 Å². The van der Waals surface area contributed by atoms with Gasteiger partial charge in [0.2, 0.25) is 0 Å². The number of fused-ring (bicyclic) bond motifs is 1. The molecule has 2 atom stereocenters. The molecule has 0 bridgehead atoms. The highest BCUT2D eigenvalue weighted by Gasteiger charge is 2.52. The number of hydrogen-bond donors (Lipinski definition) is 0. The standard InChI is InChI=1S/C18H26N2O3/c1-2-6-19-16(3-1)11-23-14-18-12-20(9-15(18)10-22-13-18)17-4-7-21-8-5-17/h1-3,6,15,17H,4-5,7-14H2/t15-,18+/m0/s1. The van der Waals surface area contributed by atoms with Crippen LogP contribution in [0.1, 0.15) is 18.5 Å². The summed E-state index contributed by atoms with van der Waals surface area (Å²) in [4.78, 5) is 7.00. The SMILES string of the molecule is c1ccc(COC[C@@]23COC[C@@H]2CN(C2CCOCC2)C3)nc1. The molecule has 126 valence electrons. The van der Waals surface area contributed by atoms with E-state index in [1.54, 1.807) is 0 Å². The fourth-order valence-corrected chi connectivity index (χ4v) is 4.25. The Morgan fingerprint density at radius 1 is 1.26 bits per heavy atom. The largest absolute Gasteiger partial charge is 0.381 e. The molecule has 0 unspecified atom stereocenters. The summed E-state index contributed by atoms with van der Waals surface area (Å²) in [5.41, 5.74) is 1.17. The van der Waals surface area contributed by atoms with Crippen molar-refractivity contribution in [3.8, 4) is 0 Å². The molecule has 3 saturated heterocycles. The van der Waals surface area contributed by atoms with Crippen molar-refractivity contribution < 1.29 is 14.2 Å². The van der Waals surface area contributed by atoms with E-state index in [0.29, 0.717) is 18.6 Å². The van der Waals surface area contributed by atoms with E-state index >= 15 is 0 Å². The zero-order valence-electron chi connectivity index (χ0n) is 13.7. The molecule has 0 spiro atoms. The van der Waals surface area contributed by atoms with Gasteiger partial charge in [-0.25, -0.2) is 0 Å². The van der Waals surface area contributed by atoms with Gasteiger partial charge in [-0.2, -0.15) is 0 Å². The normalized spacial score (nSPS) is 32.3. The second-order valence-electron chi connectivity index (χ2n) is 7.16. The molecule has 0 amide bonds. The molecule has 0 aromatic carbocycles. The van der Waals surface area contributed by atoms with Crippen LogP contribution in [-0.4, -0.2) is 62.0 Å². The van der Waals surface area contributed by atoms with E-state index in [-0.39, 0.29) is 5.41 Å². The number of pyridine rings is 1. The molecule has 0 aliphatic carbocycles. The zero-order valence-corrected chi connectivity index (χ0v) is 13.7. The van der Waals surface area contributed by atoms with Gasteiger partial charge in [-0.3, -0.25) is 9.88 Å². The molecule has 1 aromatic heterocycles. The summed E-state index contributed by atoms with van der Waals surface area (Å²) in [6.45, 7) is 7.14. The minimum atomic E-state index is 0.174. The first-order valence-corrected chi connectivity index (χ1v) is 8.73. The number of ether oxygens (including phenoxy) is 3. The smallest absolute Gasteiger partial charge is 0.0888 e. The second-order valence-corrected chi connectivity index (χ2v) is 7.16. The molecular formula is C18H26N2O3. The maximum atomic E-state index is 6.05. The number of aromatic nitrogens is 1. The van der Waals surface area contributed by atoms with E-state index in [1.165, 1.54) is 12.8 Å². The van der Waals surface area contributed by atoms with Crippen molar-refractivity contribution in [1.29, 1.82) is 0 Å². The molecule has 4 heterocycles. The molecule has 0 N–H and O–H groups in total. The van der Waals surface area contributed by atoms with Gasteiger partial charge in [0.1, 0.15) is 0 Å². The maximum Gasteiger partial charge on any atom is 0.0888 e. The molecule has 3 aliphatic heterocycles. The summed E-state index contributed by atoms with van der Waals surface area (Å²) in [6.07, 6.45) is 4.15. The van der Waals surface area contributed by atoms with E-state index in [1.807, 2.05) is 24.4 Å². The van der Waals surface area contributed by atoms with Crippen LogP contribution in [0.5, 0.6) is 0 Å². The number of likely N-dealkylation sites (tertiary alicyclic amines) is 1. The van der Waals surface area contributed by atoms with Crippen molar-refractivity contribution in [3.05, 3.63) is 30.1 Å². The molecule has 4 rings (SSSR count). The van der Waals surface area contributed by atoms with Gasteiger partial charge in [0.25, 0.3) is 0 Å². The van der Waals surface area contributed by atoms with Crippen LogP contribution < -0.4 is 0 Å². The van der Waals surface area contributed by atoms with E-state index in [2.05, 4.69) is 9.88 Å². The Bertz CT molecular complexity index is 506. The highest BCUT2D eigenvalue weighted by molar-refractivity contribution is 5.04. The van der Waals surface area contributed by atoms with Crippen molar-refractivity contribution in [2.75, 3.05) is 46.1 Å². The number of nitrogens with zero attached hydrogens (tertiary/aromatic N) is 2. The lowest BCUT2D eigenvalue weighted by Gasteiger charge is -2.33. The van der Waals surface area contributed by atoms with Crippen molar-refractivity contribution in [2.45, 2.75) is 25.5 Å². The van der Waals surface area contributed by atoms with Crippen LogP contribution in [0, 0.1) is 11.3 Å². The third kappa shape index (κ3) is 3.29. The lowest BCUT2D eigenvalue weighted by Crippen LogP contribution is -2.41. The number of hydrogen-bond acceptors (Lipinski definition) is 5. The van der Waals surface area contributed by atoms with Crippen LogP contribution in [0.15, 0.2) is 24.4 Å². The summed E-state index contributed by atoms with van der Waals surface area (Å²) >= 11 is 0. The Labute approximate surface area is 137 Å². The third-order valence-corrected chi connectivity index (χ3v) is 5.62. The Morgan fingerprint density at radius 3 is 3.00 bits per heavy atom. The van der Waals surface area contributed by atoms with Crippen LogP contribution in [0.2, 0.25) is 0 Å². The molecule has 5 heteroatoms. The van der Waals surface area contributed by atoms with Crippen LogP contribution in [0.25, 0.3) is 0 Å². The quantitative estimate of drug-likeness (QED) is 0.827. The number of rotatable bonds is 5. The molecule has 0 radical (unpaired) electrons. The van der Waals surface area contributed by atoms with Crippen LogP contribution in [0.3, 0.4) is 0 Å². The van der Waals surface area contributed by atoms with Crippen molar-refractivity contribution in [2.24, 2.45) is 11.3 Å². The van der Waals surface area contributed by atoms with Crippen molar-refractivity contribution >= 4 is 0 Å². The van der Waals surface area contributed by atoms with Crippen LogP contribution in [0.4, 0.5) is 0 Å². The van der Waals surface area contributed by atoms with Gasteiger partial charge in [-0.05, 0) is 25.0 Å². The summed E-state index contributed by atoms with van der Waals surface area (Å²) in [5.74, 6) is 0.606. The summed E-state index contributed by atoms with van der Waals surface area (Å²) in [6, 6.07) is 6.64. The Kier molecular flexibility index (Phi) is 4.62. The van der Waals surface area contributed by atoms with Crippen molar-refractivity contribution in [3.63, 3.8) is 0 Å². The molecule has 0 saturated carbocycles. The predicted molar refractivity (Wildman–Crippen MR) is 86.0 cm³/mol. The fourth-order valence-electron chi connectivity index (χ4n) is 4.25. The first-order chi connectivity index (χ1) is 11.4. The molecule has 5 nitrogen and oxygen atoms in total. The van der Waals surface area contributed by atoms with Gasteiger partial charge in [0.15, 0.2) is 0 Å². The van der Waals surface area contributed by atoms with Crippen LogP contribution >= 0.6 is 0 Å². The van der Waals surface area contributed by atoms with Gasteiger partial charge >= 0.3 is 0 Å². The third-order valence-electron chi connectivity index (χ3n) is 5.62. The lowest BCUT2D eigenvalue weighted by atomic mass is 9.82. The molecular weight excluding hydrogens is 292 g/mol. The highest BCUT2D eigenvalue weighted by atomic mass is 16.5. The minimum Gasteiger partial charge on any atom is -0.381 e. The van der Waals surface area contributed by atoms with E-state index in [4.69, 9.17) is 14.2 Å². The zero-order chi connectivity index (χ0) is 15.5. The summed E-state index contributed by atoms with van der Waals surface area (Å²) in [7, 11) is 0. The Morgan fingerprint density at radius 2 is 2.17 bits per heavy atom. The van der Waals surface area contributed by atoms with E-state index in [0.717, 1.165) is 51.8 Å². The highest BCUT2D eigenvalue weighted by Crippen LogP contribution is 2.43. The fraction of sp³-hybridized carbons (Fsp3) is 0.722. The van der Waals surface area contributed by atoms with E-state index < -0.39 is 0 Å². The summed E-state index contributed by atoms with van der Waals surface area (Å²) in [5, 5.41) is 0. The summed E-state index contributed by atoms with van der Waals surface area (Å²) < 4.78 is 17.4.